The third kappa shape index (κ3) is 5.49. The van der Waals surface area contributed by atoms with Crippen molar-refractivity contribution < 1.29 is 5.11 Å². The molecule has 3 aliphatic rings. The highest BCUT2D eigenvalue weighted by molar-refractivity contribution is 5.43. The van der Waals surface area contributed by atoms with Crippen molar-refractivity contribution >= 4 is 11.8 Å². The highest BCUT2D eigenvalue weighted by Crippen LogP contribution is 2.39. The molecule has 6 nitrogen and oxygen atoms in total. The highest BCUT2D eigenvalue weighted by atomic mass is 16.3. The predicted octanol–water partition coefficient (Wildman–Crippen LogP) is 4.56. The number of hydrogen-bond donors (Lipinski definition) is 2. The van der Waals surface area contributed by atoms with Crippen LogP contribution in [0.1, 0.15) is 69.8 Å². The SMILES string of the molecule is OC1(c2ccccc2)CCC(N2CCC[C@H](Nc3nccc(N4CCCCCC4)n3)C2)CC1. The average molecular weight is 450 g/mol. The Morgan fingerprint density at radius 1 is 0.879 bits per heavy atom. The summed E-state index contributed by atoms with van der Waals surface area (Å²) in [4.78, 5) is 14.5. The number of anilines is 2. The van der Waals surface area contributed by atoms with Crippen LogP contribution in [0.15, 0.2) is 42.6 Å². The van der Waals surface area contributed by atoms with Crippen LogP contribution in [0.5, 0.6) is 0 Å². The lowest BCUT2D eigenvalue weighted by atomic mass is 9.77. The Morgan fingerprint density at radius 3 is 2.39 bits per heavy atom. The average Bonchev–Trinajstić information content (AvgIpc) is 3.15. The Hall–Kier alpha value is -2.18. The monoisotopic (exact) mass is 449 g/mol. The van der Waals surface area contributed by atoms with E-state index in [1.54, 1.807) is 0 Å². The number of likely N-dealkylation sites (tertiary alicyclic amines) is 1. The van der Waals surface area contributed by atoms with E-state index in [1.807, 2.05) is 24.4 Å². The molecule has 1 aliphatic carbocycles. The zero-order valence-electron chi connectivity index (χ0n) is 19.8. The minimum absolute atomic E-state index is 0.382. The molecule has 2 aromatic rings. The van der Waals surface area contributed by atoms with Crippen molar-refractivity contribution in [3.63, 3.8) is 0 Å². The highest BCUT2D eigenvalue weighted by Gasteiger charge is 2.37. The quantitative estimate of drug-likeness (QED) is 0.697. The summed E-state index contributed by atoms with van der Waals surface area (Å²) >= 11 is 0. The second-order valence-electron chi connectivity index (χ2n) is 10.2. The topological polar surface area (TPSA) is 64.5 Å². The largest absolute Gasteiger partial charge is 0.385 e. The van der Waals surface area contributed by atoms with E-state index < -0.39 is 5.60 Å². The molecule has 2 N–H and O–H groups in total. The maximum absolute atomic E-state index is 11.2. The summed E-state index contributed by atoms with van der Waals surface area (Å²) in [5, 5.41) is 14.9. The van der Waals surface area contributed by atoms with Crippen LogP contribution in [0.3, 0.4) is 0 Å². The Morgan fingerprint density at radius 2 is 1.64 bits per heavy atom. The van der Waals surface area contributed by atoms with Crippen LogP contribution in [-0.2, 0) is 5.60 Å². The maximum atomic E-state index is 11.2. The lowest BCUT2D eigenvalue weighted by molar-refractivity contribution is -0.0280. The molecule has 3 fully saturated rings. The molecular weight excluding hydrogens is 410 g/mol. The first-order valence-electron chi connectivity index (χ1n) is 13.1. The number of benzene rings is 1. The Bertz CT molecular complexity index is 875. The molecule has 1 saturated carbocycles. The van der Waals surface area contributed by atoms with Crippen LogP contribution in [0, 0.1) is 0 Å². The second-order valence-corrected chi connectivity index (χ2v) is 10.2. The van der Waals surface area contributed by atoms with Crippen LogP contribution in [-0.4, -0.2) is 58.2 Å². The third-order valence-corrected chi connectivity index (χ3v) is 7.97. The summed E-state index contributed by atoms with van der Waals surface area (Å²) in [6, 6.07) is 13.2. The van der Waals surface area contributed by atoms with Crippen LogP contribution in [0.25, 0.3) is 0 Å². The minimum atomic E-state index is -0.660. The fourth-order valence-corrected chi connectivity index (χ4v) is 6.02. The molecular formula is C27H39N5O. The van der Waals surface area contributed by atoms with Crippen molar-refractivity contribution in [2.24, 2.45) is 0 Å². The maximum Gasteiger partial charge on any atom is 0.224 e. The van der Waals surface area contributed by atoms with E-state index in [1.165, 1.54) is 32.1 Å². The number of hydrogen-bond acceptors (Lipinski definition) is 6. The summed E-state index contributed by atoms with van der Waals surface area (Å²) in [5.74, 6) is 1.83. The first kappa shape index (κ1) is 22.6. The van der Waals surface area contributed by atoms with Gasteiger partial charge in [0.15, 0.2) is 0 Å². The van der Waals surface area contributed by atoms with Crippen molar-refractivity contribution in [2.45, 2.75) is 81.9 Å². The molecule has 33 heavy (non-hydrogen) atoms. The molecule has 3 heterocycles. The summed E-state index contributed by atoms with van der Waals surface area (Å²) in [7, 11) is 0. The van der Waals surface area contributed by atoms with E-state index in [4.69, 9.17) is 4.98 Å². The Balaban J connectivity index is 1.17. The number of rotatable bonds is 5. The lowest BCUT2D eigenvalue weighted by Gasteiger charge is -2.44. The van der Waals surface area contributed by atoms with Gasteiger partial charge in [-0.2, -0.15) is 4.98 Å². The molecule has 0 spiro atoms. The summed E-state index contributed by atoms with van der Waals surface area (Å²) < 4.78 is 0. The van der Waals surface area contributed by atoms with E-state index in [-0.39, 0.29) is 0 Å². The number of aliphatic hydroxyl groups is 1. The number of nitrogens with zero attached hydrogens (tertiary/aromatic N) is 4. The Kier molecular flexibility index (Phi) is 7.12. The van der Waals surface area contributed by atoms with Crippen molar-refractivity contribution in [2.75, 3.05) is 36.4 Å². The smallest absolute Gasteiger partial charge is 0.224 e. The molecule has 5 rings (SSSR count). The van der Waals surface area contributed by atoms with Gasteiger partial charge in [-0.25, -0.2) is 4.98 Å². The van der Waals surface area contributed by atoms with Crippen LogP contribution in [0.2, 0.25) is 0 Å². The van der Waals surface area contributed by atoms with Crippen molar-refractivity contribution in [3.05, 3.63) is 48.2 Å². The van der Waals surface area contributed by atoms with Gasteiger partial charge in [-0.05, 0) is 69.5 Å². The van der Waals surface area contributed by atoms with Gasteiger partial charge in [0.1, 0.15) is 5.82 Å². The normalized spacial score (nSPS) is 29.4. The van der Waals surface area contributed by atoms with Gasteiger partial charge in [0.25, 0.3) is 0 Å². The zero-order chi connectivity index (χ0) is 22.5. The molecule has 1 aromatic carbocycles. The number of aromatic nitrogens is 2. The molecule has 0 unspecified atom stereocenters. The van der Waals surface area contributed by atoms with Crippen LogP contribution >= 0.6 is 0 Å². The van der Waals surface area contributed by atoms with Gasteiger partial charge in [-0.3, -0.25) is 4.90 Å². The van der Waals surface area contributed by atoms with Gasteiger partial charge in [0.05, 0.1) is 5.60 Å². The minimum Gasteiger partial charge on any atom is -0.385 e. The molecule has 0 bridgehead atoms. The standard InChI is InChI=1S/C27H39N5O/c33-27(22-9-4-3-5-10-22)15-12-24(13-16-27)32-20-8-11-23(21-32)29-26-28-17-14-25(30-26)31-18-6-1-2-7-19-31/h3-5,9-10,14,17,23-24,33H,1-2,6-8,11-13,15-16,18-21H2,(H,28,29,30)/t23-,24?,27?/m0/s1. The van der Waals surface area contributed by atoms with E-state index in [0.29, 0.717) is 12.1 Å². The van der Waals surface area contributed by atoms with Gasteiger partial charge < -0.3 is 15.3 Å². The molecule has 6 heteroatoms. The van der Waals surface area contributed by atoms with E-state index in [2.05, 4.69) is 38.3 Å². The number of piperidine rings is 1. The van der Waals surface area contributed by atoms with Crippen molar-refractivity contribution in [3.8, 4) is 0 Å². The Labute approximate surface area is 198 Å². The molecule has 0 radical (unpaired) electrons. The van der Waals surface area contributed by atoms with Gasteiger partial charge >= 0.3 is 0 Å². The zero-order valence-corrected chi connectivity index (χ0v) is 19.8. The first-order chi connectivity index (χ1) is 16.2. The van der Waals surface area contributed by atoms with Crippen LogP contribution in [0.4, 0.5) is 11.8 Å². The summed E-state index contributed by atoms with van der Waals surface area (Å²) in [6.45, 7) is 4.39. The molecule has 178 valence electrons. The summed E-state index contributed by atoms with van der Waals surface area (Å²) in [6.07, 6.45) is 13.2. The molecule has 1 aromatic heterocycles. The third-order valence-electron chi connectivity index (χ3n) is 7.97. The lowest BCUT2D eigenvalue weighted by Crippen LogP contribution is -2.49. The van der Waals surface area contributed by atoms with Gasteiger partial charge in [0, 0.05) is 37.9 Å². The molecule has 0 amide bonds. The molecule has 1 atom stereocenters. The van der Waals surface area contributed by atoms with Gasteiger partial charge in [-0.15, -0.1) is 0 Å². The summed E-state index contributed by atoms with van der Waals surface area (Å²) in [5.41, 5.74) is 0.412. The van der Waals surface area contributed by atoms with Crippen molar-refractivity contribution in [1.82, 2.24) is 14.9 Å². The molecule has 2 aliphatic heterocycles. The van der Waals surface area contributed by atoms with Crippen molar-refractivity contribution in [1.29, 1.82) is 0 Å². The van der Waals surface area contributed by atoms with E-state index in [0.717, 1.165) is 75.6 Å². The van der Waals surface area contributed by atoms with E-state index in [9.17, 15) is 5.11 Å². The first-order valence-corrected chi connectivity index (χ1v) is 13.1. The van der Waals surface area contributed by atoms with Crippen LogP contribution < -0.4 is 10.2 Å². The van der Waals surface area contributed by atoms with Gasteiger partial charge in [-0.1, -0.05) is 43.2 Å². The van der Waals surface area contributed by atoms with Gasteiger partial charge in [0.2, 0.25) is 5.95 Å². The second kappa shape index (κ2) is 10.4. The number of nitrogens with one attached hydrogen (secondary N) is 1. The van der Waals surface area contributed by atoms with E-state index >= 15 is 0 Å². The molecule has 2 saturated heterocycles. The fraction of sp³-hybridized carbons (Fsp3) is 0.630. The fourth-order valence-electron chi connectivity index (χ4n) is 6.02. The predicted molar refractivity (Wildman–Crippen MR) is 134 cm³/mol.